The number of carbonyl (C=O) groups excluding carboxylic acids is 1. The quantitative estimate of drug-likeness (QED) is 0.735. The Morgan fingerprint density at radius 3 is 2.93 bits per heavy atom. The van der Waals surface area contributed by atoms with E-state index in [-0.39, 0.29) is 0 Å². The molecule has 0 aliphatic heterocycles. The van der Waals surface area contributed by atoms with Gasteiger partial charge in [-0.2, -0.15) is 5.26 Å². The van der Waals surface area contributed by atoms with Crippen molar-refractivity contribution in [2.24, 2.45) is 0 Å². The highest BCUT2D eigenvalue weighted by atomic mass is 16.1. The van der Waals surface area contributed by atoms with Crippen LogP contribution in [0.4, 0.5) is 5.69 Å². The van der Waals surface area contributed by atoms with Gasteiger partial charge in [-0.1, -0.05) is 6.07 Å². The molecule has 14 heavy (non-hydrogen) atoms. The molecule has 0 unspecified atom stereocenters. The van der Waals surface area contributed by atoms with Gasteiger partial charge in [0.2, 0.25) is 0 Å². The van der Waals surface area contributed by atoms with Gasteiger partial charge in [0.1, 0.15) is 0 Å². The number of carbonyl (C=O) groups is 1. The summed E-state index contributed by atoms with van der Waals surface area (Å²) in [6.45, 7) is 0. The highest BCUT2D eigenvalue weighted by Crippen LogP contribution is 2.16. The Labute approximate surface area is 83.4 Å². The van der Waals surface area contributed by atoms with E-state index in [4.69, 9.17) is 5.26 Å². The highest BCUT2D eigenvalue weighted by molar-refractivity contribution is 5.84. The third-order valence-electron chi connectivity index (χ3n) is 2.04. The van der Waals surface area contributed by atoms with Gasteiger partial charge in [0.15, 0.2) is 6.29 Å². The Morgan fingerprint density at radius 2 is 2.36 bits per heavy atom. The van der Waals surface area contributed by atoms with Crippen molar-refractivity contribution in [3.8, 4) is 6.07 Å². The summed E-state index contributed by atoms with van der Waals surface area (Å²) in [5, 5.41) is 11.4. The fraction of sp³-hybridized carbons (Fsp3) is 0.273. The smallest absolute Gasteiger partial charge is 0.152 e. The van der Waals surface area contributed by atoms with Crippen LogP contribution in [-0.2, 0) is 6.42 Å². The molecule has 0 bridgehead atoms. The molecule has 0 heterocycles. The first-order valence-electron chi connectivity index (χ1n) is 4.44. The van der Waals surface area contributed by atoms with Gasteiger partial charge in [0, 0.05) is 24.7 Å². The Hall–Kier alpha value is -1.82. The molecule has 1 N–H and O–H groups in total. The van der Waals surface area contributed by atoms with Crippen LogP contribution in [0, 0.1) is 11.3 Å². The molecular weight excluding hydrogens is 176 g/mol. The van der Waals surface area contributed by atoms with E-state index in [2.05, 4.69) is 11.4 Å². The van der Waals surface area contributed by atoms with Gasteiger partial charge in [-0.25, -0.2) is 0 Å². The summed E-state index contributed by atoms with van der Waals surface area (Å²) in [5.74, 6) is 0. The van der Waals surface area contributed by atoms with Crippen LogP contribution >= 0.6 is 0 Å². The third-order valence-corrected chi connectivity index (χ3v) is 2.04. The zero-order valence-corrected chi connectivity index (χ0v) is 8.08. The number of anilines is 1. The Morgan fingerprint density at radius 1 is 1.57 bits per heavy atom. The minimum absolute atomic E-state index is 0.504. The van der Waals surface area contributed by atoms with Crippen LogP contribution in [0.25, 0.3) is 0 Å². The standard InChI is InChI=1S/C11H12N2O/c1-13-11-7-9(3-2-6-12)4-5-10(11)8-14/h4-5,7-8,13H,2-3H2,1H3. The lowest BCUT2D eigenvalue weighted by atomic mass is 10.1. The number of nitrogens with one attached hydrogen (secondary N) is 1. The number of rotatable bonds is 4. The Balaban J connectivity index is 2.90. The molecule has 1 aromatic rings. The van der Waals surface area contributed by atoms with E-state index in [1.165, 1.54) is 0 Å². The SMILES string of the molecule is CNc1cc(CCC#N)ccc1C=O. The van der Waals surface area contributed by atoms with Crippen molar-refractivity contribution in [2.75, 3.05) is 12.4 Å². The monoisotopic (exact) mass is 188 g/mol. The second-order valence-electron chi connectivity index (χ2n) is 2.95. The van der Waals surface area contributed by atoms with Gasteiger partial charge in [-0.3, -0.25) is 4.79 Å². The molecule has 1 rings (SSSR count). The summed E-state index contributed by atoms with van der Waals surface area (Å²) >= 11 is 0. The first kappa shape index (κ1) is 10.3. The molecule has 0 radical (unpaired) electrons. The first-order chi connectivity index (χ1) is 6.81. The van der Waals surface area contributed by atoms with Crippen molar-refractivity contribution in [2.45, 2.75) is 12.8 Å². The highest BCUT2D eigenvalue weighted by Gasteiger charge is 2.00. The number of nitriles is 1. The number of hydrogen-bond acceptors (Lipinski definition) is 3. The molecule has 0 aliphatic rings. The van der Waals surface area contributed by atoms with E-state index in [0.717, 1.165) is 24.0 Å². The molecular formula is C11H12N2O. The predicted molar refractivity (Wildman–Crippen MR) is 55.3 cm³/mol. The summed E-state index contributed by atoms with van der Waals surface area (Å²) < 4.78 is 0. The summed E-state index contributed by atoms with van der Waals surface area (Å²) in [7, 11) is 1.77. The molecule has 0 amide bonds. The number of aryl methyl sites for hydroxylation is 1. The maximum Gasteiger partial charge on any atom is 0.152 e. The lowest BCUT2D eigenvalue weighted by Crippen LogP contribution is -1.96. The van der Waals surface area contributed by atoms with E-state index >= 15 is 0 Å². The zero-order valence-electron chi connectivity index (χ0n) is 8.08. The van der Waals surface area contributed by atoms with Crippen LogP contribution < -0.4 is 5.32 Å². The van der Waals surface area contributed by atoms with Crippen LogP contribution in [0.2, 0.25) is 0 Å². The van der Waals surface area contributed by atoms with Crippen molar-refractivity contribution >= 4 is 12.0 Å². The summed E-state index contributed by atoms with van der Waals surface area (Å²) in [6, 6.07) is 7.64. The molecule has 0 aromatic heterocycles. The van der Waals surface area contributed by atoms with E-state index < -0.39 is 0 Å². The van der Waals surface area contributed by atoms with Crippen LogP contribution in [0.5, 0.6) is 0 Å². The largest absolute Gasteiger partial charge is 0.388 e. The van der Waals surface area contributed by atoms with Gasteiger partial charge in [0.25, 0.3) is 0 Å². The lowest BCUT2D eigenvalue weighted by molar-refractivity contribution is 0.112. The summed E-state index contributed by atoms with van der Waals surface area (Å²) in [6.07, 6.45) is 2.05. The molecule has 0 saturated carbocycles. The van der Waals surface area contributed by atoms with Gasteiger partial charge in [-0.15, -0.1) is 0 Å². The first-order valence-corrected chi connectivity index (χ1v) is 4.44. The minimum Gasteiger partial charge on any atom is -0.388 e. The van der Waals surface area contributed by atoms with E-state index in [1.54, 1.807) is 13.1 Å². The molecule has 0 atom stereocenters. The summed E-state index contributed by atoms with van der Waals surface area (Å²) in [4.78, 5) is 10.6. The predicted octanol–water partition coefficient (Wildman–Crippen LogP) is 2.00. The van der Waals surface area contributed by atoms with Crippen LogP contribution in [0.15, 0.2) is 18.2 Å². The lowest BCUT2D eigenvalue weighted by Gasteiger charge is -2.05. The van der Waals surface area contributed by atoms with Crippen LogP contribution in [0.1, 0.15) is 22.3 Å². The van der Waals surface area contributed by atoms with Crippen molar-refractivity contribution in [1.29, 1.82) is 5.26 Å². The summed E-state index contributed by atoms with van der Waals surface area (Å²) in [5.41, 5.74) is 2.53. The fourth-order valence-electron chi connectivity index (χ4n) is 1.28. The number of aldehydes is 1. The second-order valence-corrected chi connectivity index (χ2v) is 2.95. The Kier molecular flexibility index (Phi) is 3.69. The van der Waals surface area contributed by atoms with Gasteiger partial charge < -0.3 is 5.32 Å². The Bertz CT molecular complexity index is 366. The van der Waals surface area contributed by atoms with Crippen LogP contribution in [-0.4, -0.2) is 13.3 Å². The maximum atomic E-state index is 10.6. The second kappa shape index (κ2) is 5.03. The zero-order chi connectivity index (χ0) is 10.4. The van der Waals surface area contributed by atoms with Crippen molar-refractivity contribution in [1.82, 2.24) is 0 Å². The van der Waals surface area contributed by atoms with Gasteiger partial charge in [0.05, 0.1) is 6.07 Å². The normalized spacial score (nSPS) is 9.14. The third kappa shape index (κ3) is 2.33. The molecule has 3 heteroatoms. The van der Waals surface area contributed by atoms with Crippen molar-refractivity contribution in [3.05, 3.63) is 29.3 Å². The number of hydrogen-bond donors (Lipinski definition) is 1. The molecule has 0 saturated heterocycles. The minimum atomic E-state index is 0.504. The van der Waals surface area contributed by atoms with E-state index in [1.807, 2.05) is 12.1 Å². The van der Waals surface area contributed by atoms with E-state index in [0.29, 0.717) is 12.0 Å². The molecule has 3 nitrogen and oxygen atoms in total. The average Bonchev–Trinajstić information content (AvgIpc) is 2.25. The van der Waals surface area contributed by atoms with Crippen molar-refractivity contribution in [3.63, 3.8) is 0 Å². The molecule has 1 aromatic carbocycles. The number of benzene rings is 1. The van der Waals surface area contributed by atoms with Crippen LogP contribution in [0.3, 0.4) is 0 Å². The molecule has 0 fully saturated rings. The van der Waals surface area contributed by atoms with Crippen molar-refractivity contribution < 1.29 is 4.79 Å². The molecule has 0 aliphatic carbocycles. The molecule has 0 spiro atoms. The van der Waals surface area contributed by atoms with Gasteiger partial charge >= 0.3 is 0 Å². The van der Waals surface area contributed by atoms with E-state index in [9.17, 15) is 4.79 Å². The molecule has 72 valence electrons. The fourth-order valence-corrected chi connectivity index (χ4v) is 1.28. The maximum absolute atomic E-state index is 10.6. The number of nitrogens with zero attached hydrogens (tertiary/aromatic N) is 1. The van der Waals surface area contributed by atoms with Gasteiger partial charge in [-0.05, 0) is 24.1 Å². The topological polar surface area (TPSA) is 52.9 Å². The average molecular weight is 188 g/mol.